The maximum Gasteiger partial charge on any atom is 0.407 e. The van der Waals surface area contributed by atoms with Crippen molar-refractivity contribution in [1.82, 2.24) is 15.3 Å². The number of carbonyl (C=O) groups excluding carboxylic acids is 1. The molecule has 0 saturated carbocycles. The molecule has 29 heavy (non-hydrogen) atoms. The second kappa shape index (κ2) is 11.9. The number of hydrogen-bond acceptors (Lipinski definition) is 6. The summed E-state index contributed by atoms with van der Waals surface area (Å²) >= 11 is 0. The molecule has 2 aromatic heterocycles. The highest BCUT2D eigenvalue weighted by Crippen LogP contribution is 2.27. The van der Waals surface area contributed by atoms with Crippen LogP contribution in [0, 0.1) is 5.92 Å². The SMILES string of the molecule is CC.COc1ncccc1-c1ccc(NCC(C)CNC(=O)OC(C)(C)C)nc1. The zero-order valence-corrected chi connectivity index (χ0v) is 18.6. The summed E-state index contributed by atoms with van der Waals surface area (Å²) in [5, 5.41) is 6.05. The van der Waals surface area contributed by atoms with E-state index < -0.39 is 11.7 Å². The van der Waals surface area contributed by atoms with Gasteiger partial charge in [-0.05, 0) is 51.0 Å². The minimum atomic E-state index is -0.492. The van der Waals surface area contributed by atoms with E-state index >= 15 is 0 Å². The fraction of sp³-hybridized carbons (Fsp3) is 0.500. The van der Waals surface area contributed by atoms with Crippen molar-refractivity contribution in [3.05, 3.63) is 36.7 Å². The third kappa shape index (κ3) is 8.81. The van der Waals surface area contributed by atoms with Gasteiger partial charge in [0.2, 0.25) is 5.88 Å². The molecule has 0 aliphatic carbocycles. The number of nitrogens with one attached hydrogen (secondary N) is 2. The number of methoxy groups -OCH3 is 1. The molecule has 0 radical (unpaired) electrons. The Hall–Kier alpha value is -2.83. The zero-order chi connectivity index (χ0) is 21.9. The van der Waals surface area contributed by atoms with Crippen molar-refractivity contribution in [1.29, 1.82) is 0 Å². The highest BCUT2D eigenvalue weighted by atomic mass is 16.6. The van der Waals surface area contributed by atoms with Crippen LogP contribution in [0.25, 0.3) is 11.1 Å². The fourth-order valence-corrected chi connectivity index (χ4v) is 2.35. The van der Waals surface area contributed by atoms with Crippen LogP contribution in [-0.2, 0) is 4.74 Å². The van der Waals surface area contributed by atoms with Crippen LogP contribution in [0.4, 0.5) is 10.6 Å². The summed E-state index contributed by atoms with van der Waals surface area (Å²) < 4.78 is 10.5. The molecule has 2 N–H and O–H groups in total. The Morgan fingerprint density at radius 1 is 1.14 bits per heavy atom. The van der Waals surface area contributed by atoms with Gasteiger partial charge in [0.15, 0.2) is 0 Å². The van der Waals surface area contributed by atoms with Gasteiger partial charge in [-0.1, -0.05) is 20.8 Å². The number of amides is 1. The van der Waals surface area contributed by atoms with E-state index in [4.69, 9.17) is 9.47 Å². The third-order valence-corrected chi connectivity index (χ3v) is 3.66. The number of ether oxygens (including phenoxy) is 2. The topological polar surface area (TPSA) is 85.4 Å². The van der Waals surface area contributed by atoms with Gasteiger partial charge in [-0.3, -0.25) is 0 Å². The fourth-order valence-electron chi connectivity index (χ4n) is 2.35. The lowest BCUT2D eigenvalue weighted by Gasteiger charge is -2.21. The van der Waals surface area contributed by atoms with Crippen molar-refractivity contribution in [2.75, 3.05) is 25.5 Å². The summed E-state index contributed by atoms with van der Waals surface area (Å²) in [7, 11) is 1.60. The minimum Gasteiger partial charge on any atom is -0.481 e. The molecule has 1 amide bonds. The predicted octanol–water partition coefficient (Wildman–Crippen LogP) is 4.75. The van der Waals surface area contributed by atoms with Gasteiger partial charge in [0.05, 0.1) is 7.11 Å². The Bertz CT molecular complexity index is 742. The van der Waals surface area contributed by atoms with Gasteiger partial charge in [-0.15, -0.1) is 0 Å². The van der Waals surface area contributed by atoms with Gasteiger partial charge >= 0.3 is 6.09 Å². The van der Waals surface area contributed by atoms with Gasteiger partial charge < -0.3 is 20.1 Å². The van der Waals surface area contributed by atoms with E-state index in [2.05, 4.69) is 20.6 Å². The Morgan fingerprint density at radius 2 is 1.86 bits per heavy atom. The van der Waals surface area contributed by atoms with Crippen molar-refractivity contribution < 1.29 is 14.3 Å². The first-order chi connectivity index (χ1) is 13.8. The van der Waals surface area contributed by atoms with Gasteiger partial charge in [0, 0.05) is 36.6 Å². The summed E-state index contributed by atoms with van der Waals surface area (Å²) in [4.78, 5) is 20.3. The molecule has 0 bridgehead atoms. The first-order valence-corrected chi connectivity index (χ1v) is 9.94. The maximum absolute atomic E-state index is 11.7. The number of pyridine rings is 2. The average molecular weight is 403 g/mol. The van der Waals surface area contributed by atoms with Gasteiger partial charge in [0.1, 0.15) is 11.4 Å². The van der Waals surface area contributed by atoms with Crippen molar-refractivity contribution in [2.24, 2.45) is 5.92 Å². The second-order valence-corrected chi connectivity index (χ2v) is 7.36. The van der Waals surface area contributed by atoms with Gasteiger partial charge in [0.25, 0.3) is 0 Å². The van der Waals surface area contributed by atoms with Crippen molar-refractivity contribution >= 4 is 11.9 Å². The summed E-state index contributed by atoms with van der Waals surface area (Å²) in [6.45, 7) is 12.8. The molecule has 1 atom stereocenters. The first kappa shape index (κ1) is 24.2. The number of anilines is 1. The van der Waals surface area contributed by atoms with Crippen molar-refractivity contribution in [3.8, 4) is 17.0 Å². The minimum absolute atomic E-state index is 0.220. The second-order valence-electron chi connectivity index (χ2n) is 7.36. The monoisotopic (exact) mass is 402 g/mol. The number of nitrogens with zero attached hydrogens (tertiary/aromatic N) is 2. The molecule has 2 rings (SSSR count). The Morgan fingerprint density at radius 3 is 2.45 bits per heavy atom. The first-order valence-electron chi connectivity index (χ1n) is 9.94. The quantitative estimate of drug-likeness (QED) is 0.695. The van der Waals surface area contributed by atoms with E-state index in [1.165, 1.54) is 0 Å². The summed E-state index contributed by atoms with van der Waals surface area (Å²) in [5.74, 6) is 1.56. The molecule has 1 unspecified atom stereocenters. The number of carbonyl (C=O) groups is 1. The molecule has 0 fully saturated rings. The van der Waals surface area contributed by atoms with Crippen LogP contribution in [0.15, 0.2) is 36.7 Å². The number of hydrogen-bond donors (Lipinski definition) is 2. The molecule has 7 nitrogen and oxygen atoms in total. The van der Waals surface area contributed by atoms with E-state index in [9.17, 15) is 4.79 Å². The Balaban J connectivity index is 0.00000204. The van der Waals surface area contributed by atoms with E-state index in [1.54, 1.807) is 19.5 Å². The average Bonchev–Trinajstić information content (AvgIpc) is 2.71. The van der Waals surface area contributed by atoms with Crippen LogP contribution in [0.3, 0.4) is 0 Å². The third-order valence-electron chi connectivity index (χ3n) is 3.66. The molecule has 2 aromatic rings. The van der Waals surface area contributed by atoms with E-state index in [0.29, 0.717) is 19.0 Å². The van der Waals surface area contributed by atoms with Crippen LogP contribution < -0.4 is 15.4 Å². The van der Waals surface area contributed by atoms with Crippen LogP contribution in [-0.4, -0.2) is 41.9 Å². The van der Waals surface area contributed by atoms with Gasteiger partial charge in [-0.25, -0.2) is 14.8 Å². The molecule has 7 heteroatoms. The molecule has 0 saturated heterocycles. The lowest BCUT2D eigenvalue weighted by molar-refractivity contribution is 0.0521. The molecule has 0 aliphatic heterocycles. The maximum atomic E-state index is 11.7. The van der Waals surface area contributed by atoms with Crippen molar-refractivity contribution in [3.63, 3.8) is 0 Å². The summed E-state index contributed by atoms with van der Waals surface area (Å²) in [6, 6.07) is 7.69. The van der Waals surface area contributed by atoms with Crippen LogP contribution in [0.1, 0.15) is 41.5 Å². The van der Waals surface area contributed by atoms with Crippen LogP contribution in [0.5, 0.6) is 5.88 Å². The zero-order valence-electron chi connectivity index (χ0n) is 18.6. The highest BCUT2D eigenvalue weighted by molar-refractivity contribution is 5.68. The predicted molar refractivity (Wildman–Crippen MR) is 117 cm³/mol. The highest BCUT2D eigenvalue weighted by Gasteiger charge is 2.16. The molecule has 160 valence electrons. The lowest BCUT2D eigenvalue weighted by Crippen LogP contribution is -2.36. The smallest absolute Gasteiger partial charge is 0.407 e. The Kier molecular flexibility index (Phi) is 9.92. The summed E-state index contributed by atoms with van der Waals surface area (Å²) in [5.41, 5.74) is 1.34. The number of aromatic nitrogens is 2. The molecular formula is C22H34N4O3. The van der Waals surface area contributed by atoms with E-state index in [1.807, 2.05) is 65.8 Å². The van der Waals surface area contributed by atoms with Crippen molar-refractivity contribution in [2.45, 2.75) is 47.1 Å². The van der Waals surface area contributed by atoms with E-state index in [-0.39, 0.29) is 5.92 Å². The van der Waals surface area contributed by atoms with Gasteiger partial charge in [-0.2, -0.15) is 0 Å². The Labute approximate surface area is 174 Å². The molecular weight excluding hydrogens is 368 g/mol. The molecule has 0 spiro atoms. The molecule has 0 aliphatic rings. The summed E-state index contributed by atoms with van der Waals surface area (Å²) in [6.07, 6.45) is 3.08. The normalized spacial score (nSPS) is 11.6. The van der Waals surface area contributed by atoms with Crippen LogP contribution >= 0.6 is 0 Å². The largest absolute Gasteiger partial charge is 0.481 e. The molecule has 0 aromatic carbocycles. The lowest BCUT2D eigenvalue weighted by atomic mass is 10.1. The van der Waals surface area contributed by atoms with E-state index in [0.717, 1.165) is 16.9 Å². The number of rotatable bonds is 7. The standard InChI is InChI=1S/C20H28N4O3.C2H6/c1-14(12-24-19(25)27-20(2,3)4)11-22-17-9-8-15(13-23-17)16-7-6-10-21-18(16)26-5;1-2/h6-10,13-14H,11-12H2,1-5H3,(H,22,23)(H,24,25);1-2H3. The molecule has 2 heterocycles. The van der Waals surface area contributed by atoms with Crippen LogP contribution in [0.2, 0.25) is 0 Å². The number of alkyl carbamates (subject to hydrolysis) is 1.